The lowest BCUT2D eigenvalue weighted by Gasteiger charge is -2.06. The van der Waals surface area contributed by atoms with Gasteiger partial charge in [-0.25, -0.2) is 4.98 Å². The maximum absolute atomic E-state index is 5.19. The van der Waals surface area contributed by atoms with Gasteiger partial charge < -0.3 is 9.84 Å². The first-order chi connectivity index (χ1) is 9.38. The zero-order chi connectivity index (χ0) is 13.1. The molecule has 0 saturated heterocycles. The Morgan fingerprint density at radius 3 is 2.79 bits per heavy atom. The number of nitrogens with one attached hydrogen (secondary N) is 1. The van der Waals surface area contributed by atoms with Gasteiger partial charge in [0.2, 0.25) is 0 Å². The van der Waals surface area contributed by atoms with Crippen molar-refractivity contribution in [2.45, 2.75) is 19.9 Å². The van der Waals surface area contributed by atoms with E-state index in [9.17, 15) is 0 Å². The second-order valence-electron chi connectivity index (χ2n) is 4.22. The van der Waals surface area contributed by atoms with Gasteiger partial charge in [0.15, 0.2) is 0 Å². The summed E-state index contributed by atoms with van der Waals surface area (Å²) >= 11 is 0. The molecule has 0 radical (unpaired) electrons. The van der Waals surface area contributed by atoms with Gasteiger partial charge in [0.05, 0.1) is 5.69 Å². The van der Waals surface area contributed by atoms with Crippen LogP contribution in [0.5, 0.6) is 0 Å². The molecule has 1 aromatic carbocycles. The van der Waals surface area contributed by atoms with E-state index in [0.717, 1.165) is 23.3 Å². The van der Waals surface area contributed by atoms with Crippen LogP contribution in [0.3, 0.4) is 0 Å². The van der Waals surface area contributed by atoms with Crippen molar-refractivity contribution >= 4 is 16.9 Å². The summed E-state index contributed by atoms with van der Waals surface area (Å²) in [5.74, 6) is 0.770. The quantitative estimate of drug-likeness (QED) is 0.775. The van der Waals surface area contributed by atoms with Crippen molar-refractivity contribution in [2.75, 3.05) is 5.32 Å². The first kappa shape index (κ1) is 11.6. The molecule has 0 aliphatic rings. The van der Waals surface area contributed by atoms with Crippen LogP contribution >= 0.6 is 0 Å². The van der Waals surface area contributed by atoms with E-state index in [1.54, 1.807) is 0 Å². The van der Waals surface area contributed by atoms with Gasteiger partial charge in [0.25, 0.3) is 5.71 Å². The molecular weight excluding hydrogens is 240 g/mol. The van der Waals surface area contributed by atoms with Gasteiger partial charge in [-0.1, -0.05) is 42.4 Å². The number of nitrogens with zero attached hydrogens (tertiary/aromatic N) is 3. The topological polar surface area (TPSA) is 63.8 Å². The Labute approximate surface area is 110 Å². The Balaban J connectivity index is 1.90. The molecule has 0 amide bonds. The minimum atomic E-state index is 0.530. The normalized spacial score (nSPS) is 10.8. The minimum Gasteiger partial charge on any atom is -0.365 e. The van der Waals surface area contributed by atoms with Crippen LogP contribution in [0.15, 0.2) is 41.2 Å². The molecule has 0 fully saturated rings. The lowest BCUT2D eigenvalue weighted by molar-refractivity contribution is 0.439. The van der Waals surface area contributed by atoms with E-state index < -0.39 is 0 Å². The SMILES string of the molecule is CCc1noc2ncnc(NCc3ccccc3)c12. The summed E-state index contributed by atoms with van der Waals surface area (Å²) in [7, 11) is 0. The molecular formula is C14H14N4O. The number of hydrogen-bond donors (Lipinski definition) is 1. The third kappa shape index (κ3) is 2.27. The van der Waals surface area contributed by atoms with Gasteiger partial charge in [-0.3, -0.25) is 0 Å². The molecule has 0 saturated carbocycles. The van der Waals surface area contributed by atoms with Crippen LogP contribution in [-0.4, -0.2) is 15.1 Å². The van der Waals surface area contributed by atoms with Gasteiger partial charge in [-0.15, -0.1) is 0 Å². The molecule has 0 atom stereocenters. The Kier molecular flexibility index (Phi) is 3.10. The van der Waals surface area contributed by atoms with Gasteiger partial charge in [0.1, 0.15) is 17.5 Å². The van der Waals surface area contributed by atoms with E-state index in [4.69, 9.17) is 4.52 Å². The third-order valence-electron chi connectivity index (χ3n) is 2.98. The van der Waals surface area contributed by atoms with Gasteiger partial charge in [-0.2, -0.15) is 4.98 Å². The van der Waals surface area contributed by atoms with Crippen LogP contribution in [0, 0.1) is 0 Å². The fraction of sp³-hybridized carbons (Fsp3) is 0.214. The van der Waals surface area contributed by atoms with Crippen LogP contribution in [0.1, 0.15) is 18.2 Å². The van der Waals surface area contributed by atoms with Crippen molar-refractivity contribution in [1.29, 1.82) is 0 Å². The number of aromatic nitrogens is 3. The van der Waals surface area contributed by atoms with E-state index in [1.807, 2.05) is 25.1 Å². The van der Waals surface area contributed by atoms with Gasteiger partial charge in [-0.05, 0) is 12.0 Å². The van der Waals surface area contributed by atoms with E-state index >= 15 is 0 Å². The van der Waals surface area contributed by atoms with Gasteiger partial charge in [0, 0.05) is 6.54 Å². The molecule has 2 aromatic heterocycles. The largest absolute Gasteiger partial charge is 0.365 e. The highest BCUT2D eigenvalue weighted by Crippen LogP contribution is 2.23. The molecule has 3 aromatic rings. The minimum absolute atomic E-state index is 0.530. The number of fused-ring (bicyclic) bond motifs is 1. The molecule has 0 aliphatic heterocycles. The van der Waals surface area contributed by atoms with Crippen molar-refractivity contribution in [3.05, 3.63) is 47.9 Å². The fourth-order valence-electron chi connectivity index (χ4n) is 2.00. The monoisotopic (exact) mass is 254 g/mol. The Morgan fingerprint density at radius 2 is 2.00 bits per heavy atom. The van der Waals surface area contributed by atoms with Crippen LogP contribution in [0.25, 0.3) is 11.1 Å². The lowest BCUT2D eigenvalue weighted by atomic mass is 10.2. The highest BCUT2D eigenvalue weighted by molar-refractivity contribution is 5.87. The van der Waals surface area contributed by atoms with Crippen LogP contribution in [0.2, 0.25) is 0 Å². The summed E-state index contributed by atoms with van der Waals surface area (Å²) in [5, 5.41) is 8.20. The number of anilines is 1. The second-order valence-corrected chi connectivity index (χ2v) is 4.22. The average molecular weight is 254 g/mol. The van der Waals surface area contributed by atoms with E-state index in [0.29, 0.717) is 12.3 Å². The highest BCUT2D eigenvalue weighted by atomic mass is 16.5. The molecule has 19 heavy (non-hydrogen) atoms. The standard InChI is InChI=1S/C14H14N4O/c1-2-11-12-13(16-9-17-14(12)19-18-11)15-8-10-6-4-3-5-7-10/h3-7,9H,2,8H2,1H3,(H,15,16,17). The summed E-state index contributed by atoms with van der Waals surface area (Å²) in [6.45, 7) is 2.74. The third-order valence-corrected chi connectivity index (χ3v) is 2.98. The fourth-order valence-corrected chi connectivity index (χ4v) is 2.00. The molecule has 5 nitrogen and oxygen atoms in total. The average Bonchev–Trinajstić information content (AvgIpc) is 2.90. The Hall–Kier alpha value is -2.43. The zero-order valence-electron chi connectivity index (χ0n) is 10.6. The summed E-state index contributed by atoms with van der Waals surface area (Å²) < 4.78 is 5.19. The molecule has 2 heterocycles. The van der Waals surface area contributed by atoms with E-state index in [-0.39, 0.29) is 0 Å². The van der Waals surface area contributed by atoms with Crippen LogP contribution < -0.4 is 5.32 Å². The Morgan fingerprint density at radius 1 is 1.16 bits per heavy atom. The molecule has 0 spiro atoms. The summed E-state index contributed by atoms with van der Waals surface area (Å²) in [6.07, 6.45) is 2.28. The summed E-state index contributed by atoms with van der Waals surface area (Å²) in [6, 6.07) is 10.2. The maximum Gasteiger partial charge on any atom is 0.263 e. The summed E-state index contributed by atoms with van der Waals surface area (Å²) in [5.41, 5.74) is 2.61. The molecule has 3 rings (SSSR count). The van der Waals surface area contributed by atoms with Crippen molar-refractivity contribution in [3.8, 4) is 0 Å². The van der Waals surface area contributed by atoms with Crippen molar-refractivity contribution in [3.63, 3.8) is 0 Å². The predicted octanol–water partition coefficient (Wildman–Crippen LogP) is 2.79. The molecule has 0 unspecified atom stereocenters. The van der Waals surface area contributed by atoms with E-state index in [1.165, 1.54) is 11.9 Å². The number of hydrogen-bond acceptors (Lipinski definition) is 5. The van der Waals surface area contributed by atoms with Gasteiger partial charge >= 0.3 is 0 Å². The van der Waals surface area contributed by atoms with Crippen LogP contribution in [-0.2, 0) is 13.0 Å². The van der Waals surface area contributed by atoms with Crippen molar-refractivity contribution in [2.24, 2.45) is 0 Å². The first-order valence-corrected chi connectivity index (χ1v) is 6.25. The maximum atomic E-state index is 5.19. The van der Waals surface area contributed by atoms with Crippen molar-refractivity contribution < 1.29 is 4.52 Å². The number of aryl methyl sites for hydroxylation is 1. The molecule has 96 valence electrons. The molecule has 0 aliphatic carbocycles. The highest BCUT2D eigenvalue weighted by Gasteiger charge is 2.13. The van der Waals surface area contributed by atoms with Crippen molar-refractivity contribution in [1.82, 2.24) is 15.1 Å². The first-order valence-electron chi connectivity index (χ1n) is 6.25. The number of benzene rings is 1. The zero-order valence-corrected chi connectivity index (χ0v) is 10.6. The molecule has 1 N–H and O–H groups in total. The van der Waals surface area contributed by atoms with E-state index in [2.05, 4.69) is 32.6 Å². The predicted molar refractivity (Wildman–Crippen MR) is 72.7 cm³/mol. The smallest absolute Gasteiger partial charge is 0.263 e. The Bertz CT molecular complexity index is 678. The molecule has 0 bridgehead atoms. The molecule has 5 heteroatoms. The second kappa shape index (κ2) is 5.06. The lowest BCUT2D eigenvalue weighted by Crippen LogP contribution is -2.02. The van der Waals surface area contributed by atoms with Crippen LogP contribution in [0.4, 0.5) is 5.82 Å². The summed E-state index contributed by atoms with van der Waals surface area (Å²) in [4.78, 5) is 8.37. The number of rotatable bonds is 4.